The second-order valence-electron chi connectivity index (χ2n) is 4.31. The highest BCUT2D eigenvalue weighted by Gasteiger charge is 1.95. The van der Waals surface area contributed by atoms with Gasteiger partial charge in [0.2, 0.25) is 0 Å². The van der Waals surface area contributed by atoms with Crippen molar-refractivity contribution in [3.8, 4) is 6.07 Å². The maximum atomic E-state index is 8.39. The minimum Gasteiger partial charge on any atom is -0.294 e. The summed E-state index contributed by atoms with van der Waals surface area (Å²) in [5.74, 6) is 0. The molecule has 0 radical (unpaired) electrons. The lowest BCUT2D eigenvalue weighted by Crippen LogP contribution is -2.19. The summed E-state index contributed by atoms with van der Waals surface area (Å²) in [5.41, 5.74) is 0. The normalized spacial score (nSPS) is 9.50. The van der Waals surface area contributed by atoms with Crippen molar-refractivity contribution < 1.29 is 0 Å². The molecule has 0 spiro atoms. The summed E-state index contributed by atoms with van der Waals surface area (Å²) in [7, 11) is 2.00. The fraction of sp³-hybridized carbons (Fsp3) is 0.929. The molecule has 0 aromatic carbocycles. The van der Waals surface area contributed by atoms with Crippen LogP contribution in [0.5, 0.6) is 0 Å². The van der Waals surface area contributed by atoms with Crippen molar-refractivity contribution in [3.63, 3.8) is 0 Å². The molecule has 0 bridgehead atoms. The Labute approximate surface area is 103 Å². The van der Waals surface area contributed by atoms with E-state index in [1.165, 1.54) is 44.9 Å². The highest BCUT2D eigenvalue weighted by atomic mass is 15.1. The summed E-state index contributed by atoms with van der Waals surface area (Å²) in [5, 5.41) is 8.39. The van der Waals surface area contributed by atoms with Gasteiger partial charge in [-0.15, -0.1) is 0 Å². The average Bonchev–Trinajstić information content (AvgIpc) is 2.29. The number of nitrogens with zero attached hydrogens (tertiary/aromatic N) is 2. The quantitative estimate of drug-likeness (QED) is 0.458. The molecular weight excluding hydrogens is 196 g/mol. The largest absolute Gasteiger partial charge is 0.294 e. The van der Waals surface area contributed by atoms with Crippen LogP contribution in [0.3, 0.4) is 0 Å². The van der Waals surface area contributed by atoms with Crippen molar-refractivity contribution in [3.05, 3.63) is 0 Å². The molecule has 0 rings (SSSR count). The number of nitriles is 1. The van der Waals surface area contributed by atoms with Crippen LogP contribution in [-0.2, 0) is 0 Å². The summed E-state index contributed by atoms with van der Waals surface area (Å²) >= 11 is 0. The van der Waals surface area contributed by atoms with Gasteiger partial charge in [-0.2, -0.15) is 5.26 Å². The third kappa shape index (κ3) is 19.1. The molecule has 0 aliphatic carbocycles. The molecule has 0 heterocycles. The smallest absolute Gasteiger partial charge is 0.0863 e. The van der Waals surface area contributed by atoms with Gasteiger partial charge >= 0.3 is 0 Å². The van der Waals surface area contributed by atoms with Crippen LogP contribution in [0.1, 0.15) is 65.7 Å². The van der Waals surface area contributed by atoms with Crippen LogP contribution >= 0.6 is 0 Å². The molecule has 0 aliphatic heterocycles. The highest BCUT2D eigenvalue weighted by Crippen LogP contribution is 2.02. The Hall–Kier alpha value is -0.550. The number of rotatable bonds is 8. The summed E-state index contributed by atoms with van der Waals surface area (Å²) in [4.78, 5) is 2.08. The lowest BCUT2D eigenvalue weighted by molar-refractivity contribution is 0.360. The first-order chi connectivity index (χ1) is 7.72. The van der Waals surface area contributed by atoms with Crippen LogP contribution in [0.4, 0.5) is 0 Å². The van der Waals surface area contributed by atoms with Gasteiger partial charge in [0.25, 0.3) is 0 Å². The first kappa shape index (κ1) is 17.8. The van der Waals surface area contributed by atoms with Gasteiger partial charge in [-0.3, -0.25) is 4.90 Å². The van der Waals surface area contributed by atoms with E-state index in [0.29, 0.717) is 6.54 Å². The van der Waals surface area contributed by atoms with Gasteiger partial charge in [-0.05, 0) is 20.0 Å². The Morgan fingerprint density at radius 2 is 1.44 bits per heavy atom. The molecule has 96 valence electrons. The number of hydrogen-bond acceptors (Lipinski definition) is 2. The van der Waals surface area contributed by atoms with Crippen molar-refractivity contribution in [2.75, 3.05) is 20.1 Å². The van der Waals surface area contributed by atoms with Crippen molar-refractivity contribution in [1.82, 2.24) is 4.90 Å². The lowest BCUT2D eigenvalue weighted by Gasteiger charge is -2.11. The molecule has 2 heteroatoms. The van der Waals surface area contributed by atoms with Gasteiger partial charge in [0.15, 0.2) is 0 Å². The van der Waals surface area contributed by atoms with Crippen molar-refractivity contribution in [2.45, 2.75) is 65.7 Å². The van der Waals surface area contributed by atoms with E-state index in [1.807, 2.05) is 7.05 Å². The zero-order valence-corrected chi connectivity index (χ0v) is 11.8. The van der Waals surface area contributed by atoms with Crippen LogP contribution in [0.15, 0.2) is 0 Å². The van der Waals surface area contributed by atoms with Gasteiger partial charge in [0, 0.05) is 0 Å². The molecule has 0 aliphatic rings. The topological polar surface area (TPSA) is 27.0 Å². The van der Waals surface area contributed by atoms with Crippen molar-refractivity contribution in [1.29, 1.82) is 5.26 Å². The van der Waals surface area contributed by atoms with Crippen LogP contribution in [-0.4, -0.2) is 25.0 Å². The van der Waals surface area contributed by atoms with Crippen LogP contribution in [0.25, 0.3) is 0 Å². The summed E-state index contributed by atoms with van der Waals surface area (Å²) < 4.78 is 0. The monoisotopic (exact) mass is 226 g/mol. The SMILES string of the molecule is CCCC.CCCCCCCN(C)CC#N. The molecule has 0 aromatic heterocycles. The Balaban J connectivity index is 0. The lowest BCUT2D eigenvalue weighted by atomic mass is 10.1. The van der Waals surface area contributed by atoms with Crippen LogP contribution in [0, 0.1) is 11.3 Å². The summed E-state index contributed by atoms with van der Waals surface area (Å²) in [6, 6.07) is 2.15. The molecule has 0 amide bonds. The minimum absolute atomic E-state index is 0.563. The van der Waals surface area contributed by atoms with Crippen LogP contribution in [0.2, 0.25) is 0 Å². The Kier molecular flexibility index (Phi) is 18.8. The first-order valence-corrected chi connectivity index (χ1v) is 6.78. The van der Waals surface area contributed by atoms with Crippen molar-refractivity contribution in [2.24, 2.45) is 0 Å². The Morgan fingerprint density at radius 3 is 1.88 bits per heavy atom. The summed E-state index contributed by atoms with van der Waals surface area (Å²) in [6.07, 6.45) is 9.18. The standard InChI is InChI=1S/C10H20N2.C4H10/c1-3-4-5-6-7-9-12(2)10-8-11;1-3-4-2/h3-7,9-10H2,1-2H3;3-4H2,1-2H3. The Morgan fingerprint density at radius 1 is 0.875 bits per heavy atom. The number of unbranched alkanes of at least 4 members (excludes halogenated alkanes) is 5. The van der Waals surface area contributed by atoms with E-state index in [-0.39, 0.29) is 0 Å². The van der Waals surface area contributed by atoms with Gasteiger partial charge in [-0.1, -0.05) is 59.3 Å². The highest BCUT2D eigenvalue weighted by molar-refractivity contribution is 4.73. The predicted octanol–water partition coefficient (Wildman–Crippen LogP) is 4.22. The number of hydrogen-bond donors (Lipinski definition) is 0. The molecule has 0 fully saturated rings. The second kappa shape index (κ2) is 16.9. The van der Waals surface area contributed by atoms with Gasteiger partial charge in [0.05, 0.1) is 12.6 Å². The molecule has 0 aromatic rings. The maximum absolute atomic E-state index is 8.39. The van der Waals surface area contributed by atoms with E-state index >= 15 is 0 Å². The van der Waals surface area contributed by atoms with E-state index in [2.05, 4.69) is 31.7 Å². The molecule has 0 saturated carbocycles. The third-order valence-corrected chi connectivity index (χ3v) is 2.48. The fourth-order valence-electron chi connectivity index (χ4n) is 1.19. The average molecular weight is 226 g/mol. The van der Waals surface area contributed by atoms with E-state index < -0.39 is 0 Å². The minimum atomic E-state index is 0.563. The fourth-order valence-corrected chi connectivity index (χ4v) is 1.19. The van der Waals surface area contributed by atoms with Crippen molar-refractivity contribution >= 4 is 0 Å². The molecular formula is C14H30N2. The predicted molar refractivity (Wildman–Crippen MR) is 72.5 cm³/mol. The van der Waals surface area contributed by atoms with E-state index in [4.69, 9.17) is 5.26 Å². The molecule has 0 atom stereocenters. The zero-order chi connectivity index (χ0) is 12.6. The van der Waals surface area contributed by atoms with E-state index in [9.17, 15) is 0 Å². The molecule has 16 heavy (non-hydrogen) atoms. The first-order valence-electron chi connectivity index (χ1n) is 6.78. The molecule has 0 saturated heterocycles. The summed E-state index contributed by atoms with van der Waals surface area (Å²) in [6.45, 7) is 8.22. The van der Waals surface area contributed by atoms with Gasteiger partial charge < -0.3 is 0 Å². The Bertz CT molecular complexity index is 147. The van der Waals surface area contributed by atoms with Gasteiger partial charge in [0.1, 0.15) is 0 Å². The molecule has 2 nitrogen and oxygen atoms in total. The zero-order valence-electron chi connectivity index (χ0n) is 11.8. The van der Waals surface area contributed by atoms with Gasteiger partial charge in [-0.25, -0.2) is 0 Å². The van der Waals surface area contributed by atoms with E-state index in [1.54, 1.807) is 0 Å². The maximum Gasteiger partial charge on any atom is 0.0863 e. The van der Waals surface area contributed by atoms with E-state index in [0.717, 1.165) is 6.54 Å². The third-order valence-electron chi connectivity index (χ3n) is 2.48. The molecule has 0 unspecified atom stereocenters. The molecule has 0 N–H and O–H groups in total. The van der Waals surface area contributed by atoms with Crippen LogP contribution < -0.4 is 0 Å². The second-order valence-corrected chi connectivity index (χ2v) is 4.31.